The molecule has 2 N–H and O–H groups in total. The molecule has 3 aromatic rings. The molecule has 4 nitrogen and oxygen atoms in total. The number of thiazole rings is 1. The predicted octanol–water partition coefficient (Wildman–Crippen LogP) is 3.91. The summed E-state index contributed by atoms with van der Waals surface area (Å²) in [6, 6.07) is 11.4. The Hall–Kier alpha value is -2.11. The monoisotopic (exact) mass is 304 g/mol. The second kappa shape index (κ2) is 5.11. The van der Waals surface area contributed by atoms with Crippen molar-refractivity contribution in [1.29, 1.82) is 0 Å². The molecule has 0 bridgehead atoms. The first kappa shape index (κ1) is 12.9. The fourth-order valence-corrected chi connectivity index (χ4v) is 2.87. The Morgan fingerprint density at radius 1 is 1.20 bits per heavy atom. The third-order valence-electron chi connectivity index (χ3n) is 2.70. The number of rotatable bonds is 2. The van der Waals surface area contributed by atoms with Crippen molar-refractivity contribution in [2.24, 2.45) is 0 Å². The van der Waals surface area contributed by atoms with Crippen LogP contribution < -0.4 is 5.32 Å². The second-order valence-electron chi connectivity index (χ2n) is 4.13. The van der Waals surface area contributed by atoms with E-state index in [9.17, 15) is 9.90 Å². The van der Waals surface area contributed by atoms with Crippen molar-refractivity contribution in [1.82, 2.24) is 4.98 Å². The van der Waals surface area contributed by atoms with Gasteiger partial charge in [0.1, 0.15) is 5.75 Å². The minimum Gasteiger partial charge on any atom is -0.508 e. The molecule has 0 aliphatic carbocycles. The molecule has 20 heavy (non-hydrogen) atoms. The topological polar surface area (TPSA) is 62.2 Å². The lowest BCUT2D eigenvalue weighted by molar-refractivity contribution is 0.102. The number of amides is 1. The predicted molar refractivity (Wildman–Crippen MR) is 80.7 cm³/mol. The number of phenolic OH excluding ortho intramolecular Hbond substituents is 1. The molecule has 3 rings (SSSR count). The molecule has 0 spiro atoms. The summed E-state index contributed by atoms with van der Waals surface area (Å²) in [5.41, 5.74) is 1.25. The van der Waals surface area contributed by atoms with Crippen LogP contribution in [0, 0.1) is 0 Å². The van der Waals surface area contributed by atoms with Crippen molar-refractivity contribution in [2.45, 2.75) is 0 Å². The van der Waals surface area contributed by atoms with Crippen LogP contribution in [0.1, 0.15) is 10.4 Å². The van der Waals surface area contributed by atoms with Crippen LogP contribution in [-0.2, 0) is 0 Å². The summed E-state index contributed by atoms with van der Waals surface area (Å²) in [6.07, 6.45) is 0. The maximum Gasteiger partial charge on any atom is 0.257 e. The summed E-state index contributed by atoms with van der Waals surface area (Å²) < 4.78 is 0.915. The van der Waals surface area contributed by atoms with E-state index in [4.69, 9.17) is 11.6 Å². The largest absolute Gasteiger partial charge is 0.508 e. The Bertz CT molecular complexity index is 783. The zero-order valence-corrected chi connectivity index (χ0v) is 11.7. The van der Waals surface area contributed by atoms with Crippen LogP contribution in [0.3, 0.4) is 0 Å². The molecule has 100 valence electrons. The second-order valence-corrected chi connectivity index (χ2v) is 5.60. The first-order valence-electron chi connectivity index (χ1n) is 5.78. The van der Waals surface area contributed by atoms with Crippen LogP contribution >= 0.6 is 22.9 Å². The molecule has 6 heteroatoms. The molecule has 0 saturated carbocycles. The van der Waals surface area contributed by atoms with Crippen molar-refractivity contribution in [3.63, 3.8) is 0 Å². The van der Waals surface area contributed by atoms with Gasteiger partial charge in [0, 0.05) is 10.6 Å². The van der Waals surface area contributed by atoms with Crippen LogP contribution in [0.4, 0.5) is 5.13 Å². The lowest BCUT2D eigenvalue weighted by Crippen LogP contribution is -2.11. The van der Waals surface area contributed by atoms with Gasteiger partial charge in [0.2, 0.25) is 0 Å². The van der Waals surface area contributed by atoms with Crippen molar-refractivity contribution in [3.8, 4) is 5.75 Å². The van der Waals surface area contributed by atoms with Crippen LogP contribution in [0.25, 0.3) is 10.2 Å². The Morgan fingerprint density at radius 3 is 2.70 bits per heavy atom. The number of halogens is 1. The molecule has 0 saturated heterocycles. The zero-order chi connectivity index (χ0) is 14.1. The fraction of sp³-hybridized carbons (Fsp3) is 0. The lowest BCUT2D eigenvalue weighted by atomic mass is 10.2. The Morgan fingerprint density at radius 2 is 1.95 bits per heavy atom. The van der Waals surface area contributed by atoms with Gasteiger partial charge in [0.25, 0.3) is 5.91 Å². The van der Waals surface area contributed by atoms with E-state index in [2.05, 4.69) is 10.3 Å². The molecular weight excluding hydrogens is 296 g/mol. The summed E-state index contributed by atoms with van der Waals surface area (Å²) in [5, 5.41) is 13.1. The third kappa shape index (κ3) is 2.59. The van der Waals surface area contributed by atoms with Gasteiger partial charge in [-0.15, -0.1) is 0 Å². The van der Waals surface area contributed by atoms with Crippen LogP contribution in [0.5, 0.6) is 5.75 Å². The van der Waals surface area contributed by atoms with Crippen molar-refractivity contribution in [3.05, 3.63) is 53.1 Å². The Kier molecular flexibility index (Phi) is 3.30. The number of anilines is 1. The molecule has 0 radical (unpaired) electrons. The lowest BCUT2D eigenvalue weighted by Gasteiger charge is -2.01. The molecule has 0 fully saturated rings. The number of fused-ring (bicyclic) bond motifs is 1. The third-order valence-corrected chi connectivity index (χ3v) is 3.87. The number of hydrogen-bond donors (Lipinski definition) is 2. The van der Waals surface area contributed by atoms with Gasteiger partial charge in [-0.05, 0) is 42.5 Å². The fourth-order valence-electron chi connectivity index (χ4n) is 1.73. The Labute approximate surface area is 123 Å². The van der Waals surface area contributed by atoms with Gasteiger partial charge in [-0.2, -0.15) is 0 Å². The molecule has 2 aromatic carbocycles. The van der Waals surface area contributed by atoms with E-state index < -0.39 is 0 Å². The van der Waals surface area contributed by atoms with Gasteiger partial charge in [-0.25, -0.2) is 4.98 Å². The summed E-state index contributed by atoms with van der Waals surface area (Å²) in [6.45, 7) is 0. The standard InChI is InChI=1S/C14H9ClN2O2S/c15-9-3-6-11-12(7-9)20-14(16-11)17-13(19)8-1-4-10(18)5-2-8/h1-7,18H,(H,16,17,19). The first-order valence-corrected chi connectivity index (χ1v) is 6.98. The average Bonchev–Trinajstić information content (AvgIpc) is 2.80. The zero-order valence-electron chi connectivity index (χ0n) is 10.1. The molecule has 1 heterocycles. The first-order chi connectivity index (χ1) is 9.61. The highest BCUT2D eigenvalue weighted by Crippen LogP contribution is 2.28. The molecule has 1 amide bonds. The smallest absolute Gasteiger partial charge is 0.257 e. The molecule has 0 atom stereocenters. The van der Waals surface area contributed by atoms with E-state index in [1.165, 1.54) is 23.5 Å². The average molecular weight is 305 g/mol. The van der Waals surface area contributed by atoms with Crippen molar-refractivity contribution >= 4 is 44.2 Å². The summed E-state index contributed by atoms with van der Waals surface area (Å²) in [7, 11) is 0. The van der Waals surface area contributed by atoms with E-state index in [1.54, 1.807) is 18.2 Å². The van der Waals surface area contributed by atoms with E-state index in [0.29, 0.717) is 15.7 Å². The van der Waals surface area contributed by atoms with E-state index >= 15 is 0 Å². The highest BCUT2D eigenvalue weighted by molar-refractivity contribution is 7.22. The molecule has 0 unspecified atom stereocenters. The van der Waals surface area contributed by atoms with Crippen molar-refractivity contribution in [2.75, 3.05) is 5.32 Å². The van der Waals surface area contributed by atoms with Gasteiger partial charge in [0.05, 0.1) is 10.2 Å². The normalized spacial score (nSPS) is 10.7. The minimum atomic E-state index is -0.268. The Balaban J connectivity index is 1.85. The van der Waals surface area contributed by atoms with Gasteiger partial charge in [-0.1, -0.05) is 22.9 Å². The molecule has 0 aliphatic heterocycles. The quantitative estimate of drug-likeness (QED) is 0.754. The van der Waals surface area contributed by atoms with Crippen LogP contribution in [-0.4, -0.2) is 16.0 Å². The molecular formula is C14H9ClN2O2S. The SMILES string of the molecule is O=C(Nc1nc2ccc(Cl)cc2s1)c1ccc(O)cc1. The van der Waals surface area contributed by atoms with Crippen LogP contribution in [0.15, 0.2) is 42.5 Å². The van der Waals surface area contributed by atoms with Gasteiger partial charge >= 0.3 is 0 Å². The maximum atomic E-state index is 12.0. The maximum absolute atomic E-state index is 12.0. The van der Waals surface area contributed by atoms with E-state index in [0.717, 1.165) is 10.2 Å². The van der Waals surface area contributed by atoms with Crippen molar-refractivity contribution < 1.29 is 9.90 Å². The van der Waals surface area contributed by atoms with Crippen LogP contribution in [0.2, 0.25) is 5.02 Å². The minimum absolute atomic E-state index is 0.121. The number of carbonyl (C=O) groups is 1. The number of aromatic hydroxyl groups is 1. The highest BCUT2D eigenvalue weighted by Gasteiger charge is 2.10. The highest BCUT2D eigenvalue weighted by atomic mass is 35.5. The van der Waals surface area contributed by atoms with Gasteiger partial charge in [-0.3, -0.25) is 10.1 Å². The summed E-state index contributed by atoms with van der Waals surface area (Å²) in [5.74, 6) is -0.147. The number of nitrogens with zero attached hydrogens (tertiary/aromatic N) is 1. The molecule has 1 aromatic heterocycles. The summed E-state index contributed by atoms with van der Waals surface area (Å²) in [4.78, 5) is 16.3. The number of hydrogen-bond acceptors (Lipinski definition) is 4. The number of nitrogens with one attached hydrogen (secondary N) is 1. The van der Waals surface area contributed by atoms with E-state index in [-0.39, 0.29) is 11.7 Å². The number of phenols is 1. The molecule has 0 aliphatic rings. The van der Waals surface area contributed by atoms with E-state index in [1.807, 2.05) is 12.1 Å². The van der Waals surface area contributed by atoms with Gasteiger partial charge in [0.15, 0.2) is 5.13 Å². The summed E-state index contributed by atoms with van der Waals surface area (Å²) >= 11 is 7.27. The number of aromatic nitrogens is 1. The van der Waals surface area contributed by atoms with Gasteiger partial charge < -0.3 is 5.11 Å². The number of benzene rings is 2. The number of carbonyl (C=O) groups excluding carboxylic acids is 1.